The van der Waals surface area contributed by atoms with Crippen LogP contribution in [0.5, 0.6) is 0 Å². The number of esters is 1. The molecule has 0 aliphatic rings. The Bertz CT molecular complexity index is 619. The van der Waals surface area contributed by atoms with E-state index in [0.717, 1.165) is 18.4 Å². The molecule has 0 aliphatic heterocycles. The van der Waals surface area contributed by atoms with E-state index < -0.39 is 22.6 Å². The minimum absolute atomic E-state index is 0.0103. The first kappa shape index (κ1) is 13.4. The average molecular weight is 339 g/mol. The summed E-state index contributed by atoms with van der Waals surface area (Å²) < 4.78 is 44.4. The number of ether oxygens (including phenoxy) is 1. The molecule has 1 aromatic carbocycles. The fraction of sp³-hybridized carbons (Fsp3) is 0.182. The van der Waals surface area contributed by atoms with Crippen LogP contribution in [0.3, 0.4) is 0 Å². The molecule has 0 N–H and O–H groups in total. The smallest absolute Gasteiger partial charge is 0.418 e. The molecule has 0 saturated carbocycles. The Morgan fingerprint density at radius 1 is 1.39 bits per heavy atom. The minimum atomic E-state index is -4.59. The van der Waals surface area contributed by atoms with Gasteiger partial charge in [-0.15, -0.1) is 11.3 Å². The van der Waals surface area contributed by atoms with Crippen LogP contribution >= 0.6 is 27.3 Å². The van der Waals surface area contributed by atoms with Gasteiger partial charge in [0.05, 0.1) is 12.7 Å². The van der Waals surface area contributed by atoms with Gasteiger partial charge in [0.25, 0.3) is 0 Å². The number of carbonyl (C=O) groups excluding carboxylic acids is 1. The molecule has 0 unspecified atom stereocenters. The van der Waals surface area contributed by atoms with Crippen molar-refractivity contribution < 1.29 is 22.7 Å². The number of methoxy groups -OCH3 is 1. The second kappa shape index (κ2) is 4.55. The van der Waals surface area contributed by atoms with Crippen LogP contribution in [0.4, 0.5) is 13.2 Å². The molecule has 0 radical (unpaired) electrons. The van der Waals surface area contributed by atoms with E-state index in [-0.39, 0.29) is 5.39 Å². The number of benzene rings is 1. The van der Waals surface area contributed by atoms with E-state index in [2.05, 4.69) is 20.7 Å². The van der Waals surface area contributed by atoms with Crippen LogP contribution in [-0.2, 0) is 10.9 Å². The van der Waals surface area contributed by atoms with Crippen molar-refractivity contribution in [3.05, 3.63) is 33.1 Å². The Morgan fingerprint density at radius 3 is 2.61 bits per heavy atom. The maximum absolute atomic E-state index is 13.0. The Hall–Kier alpha value is -1.08. The van der Waals surface area contributed by atoms with Crippen LogP contribution in [0.25, 0.3) is 10.1 Å². The highest BCUT2D eigenvalue weighted by Gasteiger charge is 2.39. The number of alkyl halides is 3. The van der Waals surface area contributed by atoms with Crippen LogP contribution in [0.2, 0.25) is 0 Å². The van der Waals surface area contributed by atoms with Gasteiger partial charge in [-0.2, -0.15) is 13.2 Å². The molecule has 0 spiro atoms. The van der Waals surface area contributed by atoms with Gasteiger partial charge in [-0.1, -0.05) is 22.0 Å². The lowest BCUT2D eigenvalue weighted by Gasteiger charge is -2.07. The number of rotatable bonds is 1. The zero-order valence-corrected chi connectivity index (χ0v) is 11.4. The van der Waals surface area contributed by atoms with Crippen molar-refractivity contribution in [2.75, 3.05) is 7.11 Å². The molecular formula is C11H6BrF3O2S. The third-order valence-corrected chi connectivity index (χ3v) is 3.93. The maximum Gasteiger partial charge on any atom is 0.418 e. The standard InChI is InChI=1S/C11H6BrF3O2S/c1-17-10(16)9-8(11(13,14)15)6-3-2-5(12)4-7(6)18-9/h2-4H,1H3. The highest BCUT2D eigenvalue weighted by Crippen LogP contribution is 2.43. The molecule has 0 atom stereocenters. The van der Waals surface area contributed by atoms with Crippen LogP contribution in [-0.4, -0.2) is 13.1 Å². The van der Waals surface area contributed by atoms with E-state index in [1.807, 2.05) is 0 Å². The summed E-state index contributed by atoms with van der Waals surface area (Å²) in [4.78, 5) is 11.0. The lowest BCUT2D eigenvalue weighted by Crippen LogP contribution is -2.11. The molecule has 96 valence electrons. The molecule has 1 aromatic heterocycles. The first-order valence-corrected chi connectivity index (χ1v) is 6.33. The average Bonchev–Trinajstić information content (AvgIpc) is 2.65. The van der Waals surface area contributed by atoms with Crippen LogP contribution in [0.15, 0.2) is 22.7 Å². The third-order valence-electron chi connectivity index (χ3n) is 2.31. The molecule has 0 aliphatic carbocycles. The Kier molecular flexibility index (Phi) is 3.37. The fourth-order valence-corrected chi connectivity index (χ4v) is 3.28. The van der Waals surface area contributed by atoms with Crippen molar-refractivity contribution in [3.63, 3.8) is 0 Å². The third kappa shape index (κ3) is 2.24. The fourth-order valence-electron chi connectivity index (χ4n) is 1.59. The maximum atomic E-state index is 13.0. The normalized spacial score (nSPS) is 11.8. The molecule has 7 heteroatoms. The van der Waals surface area contributed by atoms with Gasteiger partial charge in [-0.05, 0) is 12.1 Å². The van der Waals surface area contributed by atoms with Gasteiger partial charge >= 0.3 is 12.1 Å². The number of halogens is 4. The molecule has 0 fully saturated rings. The molecule has 0 saturated heterocycles. The summed E-state index contributed by atoms with van der Waals surface area (Å²) >= 11 is 3.95. The van der Waals surface area contributed by atoms with Crippen molar-refractivity contribution >= 4 is 43.3 Å². The van der Waals surface area contributed by atoms with Crippen molar-refractivity contribution in [3.8, 4) is 0 Å². The lowest BCUT2D eigenvalue weighted by molar-refractivity contribution is -0.136. The van der Waals surface area contributed by atoms with Gasteiger partial charge in [-0.3, -0.25) is 0 Å². The molecule has 1 heterocycles. The van der Waals surface area contributed by atoms with Gasteiger partial charge < -0.3 is 4.74 Å². The number of fused-ring (bicyclic) bond motifs is 1. The molecule has 2 aromatic rings. The van der Waals surface area contributed by atoms with E-state index in [1.165, 1.54) is 12.1 Å². The first-order chi connectivity index (χ1) is 8.34. The summed E-state index contributed by atoms with van der Waals surface area (Å²) in [5.41, 5.74) is -0.929. The number of thiophene rings is 1. The van der Waals surface area contributed by atoms with Crippen LogP contribution < -0.4 is 0 Å². The van der Waals surface area contributed by atoms with Crippen molar-refractivity contribution in [2.24, 2.45) is 0 Å². The van der Waals surface area contributed by atoms with Crippen LogP contribution in [0.1, 0.15) is 15.2 Å². The summed E-state index contributed by atoms with van der Waals surface area (Å²) in [6.45, 7) is 0. The van der Waals surface area contributed by atoms with E-state index in [4.69, 9.17) is 0 Å². The zero-order chi connectivity index (χ0) is 13.5. The van der Waals surface area contributed by atoms with E-state index in [1.54, 1.807) is 6.07 Å². The summed E-state index contributed by atoms with van der Waals surface area (Å²) in [5, 5.41) is 0.0103. The second-order valence-electron chi connectivity index (χ2n) is 3.44. The highest BCUT2D eigenvalue weighted by molar-refractivity contribution is 9.10. The van der Waals surface area contributed by atoms with Gasteiger partial charge in [0.2, 0.25) is 0 Å². The topological polar surface area (TPSA) is 26.3 Å². The van der Waals surface area contributed by atoms with Crippen molar-refractivity contribution in [1.82, 2.24) is 0 Å². The monoisotopic (exact) mass is 338 g/mol. The van der Waals surface area contributed by atoms with Crippen molar-refractivity contribution in [1.29, 1.82) is 0 Å². The molecule has 0 bridgehead atoms. The molecular weight excluding hydrogens is 333 g/mol. The summed E-state index contributed by atoms with van der Waals surface area (Å²) in [6, 6.07) is 4.39. The summed E-state index contributed by atoms with van der Waals surface area (Å²) in [6.07, 6.45) is -4.59. The first-order valence-electron chi connectivity index (χ1n) is 4.72. The van der Waals surface area contributed by atoms with Gasteiger partial charge in [0.15, 0.2) is 0 Å². The van der Waals surface area contributed by atoms with Crippen molar-refractivity contribution in [2.45, 2.75) is 6.18 Å². The Morgan fingerprint density at radius 2 is 2.06 bits per heavy atom. The number of hydrogen-bond acceptors (Lipinski definition) is 3. The highest BCUT2D eigenvalue weighted by atomic mass is 79.9. The molecule has 2 nitrogen and oxygen atoms in total. The van der Waals surface area contributed by atoms with Gasteiger partial charge in [0.1, 0.15) is 4.88 Å². The van der Waals surface area contributed by atoms with E-state index in [0.29, 0.717) is 9.17 Å². The summed E-state index contributed by atoms with van der Waals surface area (Å²) in [5.74, 6) is -0.973. The van der Waals surface area contributed by atoms with E-state index >= 15 is 0 Å². The predicted octanol–water partition coefficient (Wildman–Crippen LogP) is 4.47. The zero-order valence-electron chi connectivity index (χ0n) is 8.97. The van der Waals surface area contributed by atoms with Gasteiger partial charge in [0, 0.05) is 14.6 Å². The largest absolute Gasteiger partial charge is 0.465 e. The Balaban J connectivity index is 2.81. The Labute approximate surface area is 112 Å². The minimum Gasteiger partial charge on any atom is -0.465 e. The van der Waals surface area contributed by atoms with E-state index in [9.17, 15) is 18.0 Å². The number of hydrogen-bond donors (Lipinski definition) is 0. The molecule has 0 amide bonds. The van der Waals surface area contributed by atoms with Gasteiger partial charge in [-0.25, -0.2) is 4.79 Å². The molecule has 18 heavy (non-hydrogen) atoms. The quantitative estimate of drug-likeness (QED) is 0.717. The number of carbonyl (C=O) groups is 1. The lowest BCUT2D eigenvalue weighted by atomic mass is 10.1. The predicted molar refractivity (Wildman–Crippen MR) is 65.9 cm³/mol. The molecule has 2 rings (SSSR count). The van der Waals surface area contributed by atoms with Crippen LogP contribution in [0, 0.1) is 0 Å². The SMILES string of the molecule is COC(=O)c1sc2cc(Br)ccc2c1C(F)(F)F. The summed E-state index contributed by atoms with van der Waals surface area (Å²) in [7, 11) is 1.06. The second-order valence-corrected chi connectivity index (χ2v) is 5.40.